The molecule has 0 unspecified atom stereocenters. The highest BCUT2D eigenvalue weighted by Crippen LogP contribution is 2.42. The Bertz CT molecular complexity index is 1230. The summed E-state index contributed by atoms with van der Waals surface area (Å²) in [5.41, 5.74) is 11.2. The fourth-order valence-corrected chi connectivity index (χ4v) is 5.33. The van der Waals surface area contributed by atoms with Crippen molar-refractivity contribution in [2.45, 2.75) is 19.8 Å². The van der Waals surface area contributed by atoms with Gasteiger partial charge in [-0.15, -0.1) is 11.3 Å². The third-order valence-corrected chi connectivity index (χ3v) is 7.21. The maximum absolute atomic E-state index is 13.3. The van der Waals surface area contributed by atoms with E-state index in [4.69, 9.17) is 10.7 Å². The van der Waals surface area contributed by atoms with Crippen LogP contribution in [-0.2, 0) is 0 Å². The molecule has 1 fully saturated rings. The molecule has 2 aromatic carbocycles. The fraction of sp³-hybridized carbons (Fsp3) is 0.231. The van der Waals surface area contributed by atoms with E-state index in [2.05, 4.69) is 37.3 Å². The Morgan fingerprint density at radius 2 is 1.61 bits per heavy atom. The molecule has 5 rings (SSSR count). The van der Waals surface area contributed by atoms with Crippen molar-refractivity contribution in [2.75, 3.05) is 18.8 Å². The number of carbonyl (C=O) groups excluding carboxylic acids is 1. The molecule has 5 heteroatoms. The van der Waals surface area contributed by atoms with Crippen LogP contribution < -0.4 is 5.73 Å². The van der Waals surface area contributed by atoms with Crippen LogP contribution in [0.5, 0.6) is 0 Å². The van der Waals surface area contributed by atoms with Crippen LogP contribution >= 0.6 is 11.3 Å². The van der Waals surface area contributed by atoms with E-state index in [0.717, 1.165) is 58.5 Å². The van der Waals surface area contributed by atoms with Crippen LogP contribution in [0.25, 0.3) is 32.6 Å². The average Bonchev–Trinajstić information content (AvgIpc) is 3.16. The Labute approximate surface area is 186 Å². The normalized spacial score (nSPS) is 14.8. The first kappa shape index (κ1) is 19.8. The number of nitrogens with zero attached hydrogens (tertiary/aromatic N) is 2. The van der Waals surface area contributed by atoms with Gasteiger partial charge >= 0.3 is 0 Å². The summed E-state index contributed by atoms with van der Waals surface area (Å²) < 4.78 is 0. The zero-order chi connectivity index (χ0) is 21.4. The Morgan fingerprint density at radius 3 is 2.26 bits per heavy atom. The number of pyridine rings is 1. The molecular weight excluding hydrogens is 402 g/mol. The highest BCUT2D eigenvalue weighted by Gasteiger charge is 2.27. The lowest BCUT2D eigenvalue weighted by atomic mass is 9.98. The van der Waals surface area contributed by atoms with Gasteiger partial charge in [0.25, 0.3) is 5.91 Å². The van der Waals surface area contributed by atoms with E-state index in [1.165, 1.54) is 11.3 Å². The number of nitrogens with two attached hydrogens (primary N) is 1. The van der Waals surface area contributed by atoms with Gasteiger partial charge in [-0.05, 0) is 36.0 Å². The zero-order valence-corrected chi connectivity index (χ0v) is 18.4. The van der Waals surface area contributed by atoms with Gasteiger partial charge in [0.1, 0.15) is 9.71 Å². The van der Waals surface area contributed by atoms with E-state index in [-0.39, 0.29) is 5.91 Å². The van der Waals surface area contributed by atoms with Crippen LogP contribution in [0.3, 0.4) is 0 Å². The van der Waals surface area contributed by atoms with Crippen molar-refractivity contribution < 1.29 is 4.79 Å². The number of likely N-dealkylation sites (tertiary alicyclic amines) is 1. The minimum Gasteiger partial charge on any atom is -0.397 e. The van der Waals surface area contributed by atoms with Gasteiger partial charge in [0.2, 0.25) is 0 Å². The predicted octanol–water partition coefficient (Wildman–Crippen LogP) is 6.08. The molecule has 1 aliphatic heterocycles. The van der Waals surface area contributed by atoms with E-state index in [1.54, 1.807) is 0 Å². The molecule has 0 bridgehead atoms. The van der Waals surface area contributed by atoms with Crippen LogP contribution in [0.2, 0.25) is 0 Å². The van der Waals surface area contributed by atoms with Crippen LogP contribution in [0.1, 0.15) is 29.4 Å². The van der Waals surface area contributed by atoms with E-state index >= 15 is 0 Å². The zero-order valence-electron chi connectivity index (χ0n) is 17.5. The van der Waals surface area contributed by atoms with Gasteiger partial charge in [-0.1, -0.05) is 67.6 Å². The third-order valence-electron chi connectivity index (χ3n) is 6.12. The van der Waals surface area contributed by atoms with E-state index < -0.39 is 0 Å². The molecule has 0 spiro atoms. The van der Waals surface area contributed by atoms with Crippen molar-refractivity contribution in [3.05, 3.63) is 71.6 Å². The van der Waals surface area contributed by atoms with Crippen molar-refractivity contribution in [1.29, 1.82) is 0 Å². The van der Waals surface area contributed by atoms with Gasteiger partial charge in [0, 0.05) is 24.0 Å². The Balaban J connectivity index is 1.67. The smallest absolute Gasteiger partial charge is 0.266 e. The van der Waals surface area contributed by atoms with Gasteiger partial charge in [-0.25, -0.2) is 4.98 Å². The SMILES string of the molecule is CC1CCN(C(=O)c2sc3nc(-c4ccccc4)cc(-c4ccccc4)c3c2N)CC1. The number of aromatic nitrogens is 1. The third kappa shape index (κ3) is 3.70. The Kier molecular flexibility index (Phi) is 5.20. The van der Waals surface area contributed by atoms with Crippen molar-refractivity contribution in [3.8, 4) is 22.4 Å². The number of piperidine rings is 1. The molecule has 0 saturated carbocycles. The number of anilines is 1. The predicted molar refractivity (Wildman–Crippen MR) is 129 cm³/mol. The van der Waals surface area contributed by atoms with E-state index in [0.29, 0.717) is 16.5 Å². The fourth-order valence-electron chi connectivity index (χ4n) is 4.24. The average molecular weight is 428 g/mol. The summed E-state index contributed by atoms with van der Waals surface area (Å²) in [6.07, 6.45) is 2.09. The summed E-state index contributed by atoms with van der Waals surface area (Å²) in [6, 6.07) is 22.4. The number of fused-ring (bicyclic) bond motifs is 1. The summed E-state index contributed by atoms with van der Waals surface area (Å²) in [5, 5.41) is 0.879. The van der Waals surface area contributed by atoms with Gasteiger partial charge in [-0.3, -0.25) is 4.79 Å². The van der Waals surface area contributed by atoms with Gasteiger partial charge < -0.3 is 10.6 Å². The van der Waals surface area contributed by atoms with Gasteiger partial charge in [-0.2, -0.15) is 0 Å². The molecule has 1 aliphatic rings. The number of amides is 1. The van der Waals surface area contributed by atoms with Crippen molar-refractivity contribution in [2.24, 2.45) is 5.92 Å². The number of nitrogen functional groups attached to an aromatic ring is 1. The first-order valence-electron chi connectivity index (χ1n) is 10.7. The molecule has 4 aromatic rings. The second kappa shape index (κ2) is 8.16. The number of thiophene rings is 1. The number of rotatable bonds is 3. The van der Waals surface area contributed by atoms with Crippen LogP contribution in [-0.4, -0.2) is 28.9 Å². The molecular formula is C26H25N3OS. The van der Waals surface area contributed by atoms with Crippen LogP contribution in [0.15, 0.2) is 66.7 Å². The minimum absolute atomic E-state index is 0.0349. The van der Waals surface area contributed by atoms with Gasteiger partial charge in [0.05, 0.1) is 11.4 Å². The second-order valence-electron chi connectivity index (χ2n) is 8.29. The van der Waals surface area contributed by atoms with Gasteiger partial charge in [0.15, 0.2) is 0 Å². The first-order valence-corrected chi connectivity index (χ1v) is 11.6. The van der Waals surface area contributed by atoms with E-state index in [1.807, 2.05) is 41.3 Å². The summed E-state index contributed by atoms with van der Waals surface area (Å²) in [4.78, 5) is 21.6. The monoisotopic (exact) mass is 427 g/mol. The van der Waals surface area contributed by atoms with Crippen molar-refractivity contribution in [1.82, 2.24) is 9.88 Å². The highest BCUT2D eigenvalue weighted by molar-refractivity contribution is 7.21. The molecule has 1 amide bonds. The largest absolute Gasteiger partial charge is 0.397 e. The lowest BCUT2D eigenvalue weighted by Gasteiger charge is -2.30. The molecule has 0 atom stereocenters. The molecule has 4 nitrogen and oxygen atoms in total. The molecule has 0 aliphatic carbocycles. The maximum Gasteiger partial charge on any atom is 0.266 e. The lowest BCUT2D eigenvalue weighted by molar-refractivity contribution is 0.0703. The molecule has 31 heavy (non-hydrogen) atoms. The minimum atomic E-state index is 0.0349. The van der Waals surface area contributed by atoms with E-state index in [9.17, 15) is 4.79 Å². The quantitative estimate of drug-likeness (QED) is 0.431. The number of hydrogen-bond acceptors (Lipinski definition) is 4. The maximum atomic E-state index is 13.3. The summed E-state index contributed by atoms with van der Waals surface area (Å²) in [6.45, 7) is 3.83. The second-order valence-corrected chi connectivity index (χ2v) is 9.29. The molecule has 1 saturated heterocycles. The first-order chi connectivity index (χ1) is 15.1. The van der Waals surface area contributed by atoms with Crippen molar-refractivity contribution in [3.63, 3.8) is 0 Å². The summed E-state index contributed by atoms with van der Waals surface area (Å²) >= 11 is 1.42. The number of carbonyl (C=O) groups is 1. The molecule has 2 aromatic heterocycles. The molecule has 3 heterocycles. The standard InChI is InChI=1S/C26H25N3OS/c1-17-12-14-29(15-13-17)26(30)24-23(27)22-20(18-8-4-2-5-9-18)16-21(28-25(22)31-24)19-10-6-3-7-11-19/h2-11,16-17H,12-15,27H2,1H3. The molecule has 156 valence electrons. The Morgan fingerprint density at radius 1 is 1.00 bits per heavy atom. The molecule has 2 N–H and O–H groups in total. The van der Waals surface area contributed by atoms with Crippen molar-refractivity contribution >= 4 is 33.1 Å². The summed E-state index contributed by atoms with van der Waals surface area (Å²) in [7, 11) is 0. The van der Waals surface area contributed by atoms with Crippen LogP contribution in [0.4, 0.5) is 5.69 Å². The lowest BCUT2D eigenvalue weighted by Crippen LogP contribution is -2.37. The number of hydrogen-bond donors (Lipinski definition) is 1. The Hall–Kier alpha value is -3.18. The van der Waals surface area contributed by atoms with Crippen LogP contribution in [0, 0.1) is 5.92 Å². The number of benzene rings is 2. The highest BCUT2D eigenvalue weighted by atomic mass is 32.1. The summed E-state index contributed by atoms with van der Waals surface area (Å²) in [5.74, 6) is 0.705. The molecule has 0 radical (unpaired) electrons. The topological polar surface area (TPSA) is 59.2 Å².